The first-order chi connectivity index (χ1) is 10.8. The molecule has 3 aliphatic carbocycles. The summed E-state index contributed by atoms with van der Waals surface area (Å²) in [5, 5.41) is 1.77. The molecule has 0 nitrogen and oxygen atoms in total. The van der Waals surface area contributed by atoms with Gasteiger partial charge in [-0.15, -0.1) is 0 Å². The standard InChI is InChI=1S/C21H25P/c1-2-11-22(20-12-16-7-3-4-8-17(16)13-20)21-14-18-9-5-6-10-19(18)15-21/h3-10,12,18-19,21H,2,11,13-15H2,1H3. The first-order valence-corrected chi connectivity index (χ1v) is 10.3. The maximum Gasteiger partial charge on any atom is -0.00151 e. The molecular weight excluding hydrogens is 283 g/mol. The number of hydrogen-bond acceptors (Lipinski definition) is 0. The van der Waals surface area contributed by atoms with Crippen molar-refractivity contribution in [2.75, 3.05) is 6.16 Å². The molecule has 0 saturated heterocycles. The predicted molar refractivity (Wildman–Crippen MR) is 98.5 cm³/mol. The molecule has 0 aromatic heterocycles. The van der Waals surface area contributed by atoms with E-state index < -0.39 is 0 Å². The fourth-order valence-corrected chi connectivity index (χ4v) is 7.71. The van der Waals surface area contributed by atoms with Gasteiger partial charge in [-0.2, -0.15) is 0 Å². The van der Waals surface area contributed by atoms with Crippen molar-refractivity contribution in [2.24, 2.45) is 11.8 Å². The van der Waals surface area contributed by atoms with Crippen LogP contribution in [0.15, 0.2) is 53.9 Å². The molecule has 1 saturated carbocycles. The van der Waals surface area contributed by atoms with Crippen LogP contribution in [-0.2, 0) is 6.42 Å². The van der Waals surface area contributed by atoms with Gasteiger partial charge in [-0.05, 0) is 59.4 Å². The number of fused-ring (bicyclic) bond motifs is 2. The summed E-state index contributed by atoms with van der Waals surface area (Å²) in [5.74, 6) is 1.64. The van der Waals surface area contributed by atoms with Crippen molar-refractivity contribution in [3.63, 3.8) is 0 Å². The Kier molecular flexibility index (Phi) is 4.05. The molecule has 0 radical (unpaired) electrons. The minimum atomic E-state index is 0.0471. The maximum absolute atomic E-state index is 2.53. The van der Waals surface area contributed by atoms with Crippen LogP contribution < -0.4 is 0 Å². The first-order valence-electron chi connectivity index (χ1n) is 8.75. The van der Waals surface area contributed by atoms with E-state index in [1.807, 2.05) is 0 Å². The van der Waals surface area contributed by atoms with Gasteiger partial charge in [0, 0.05) is 0 Å². The average Bonchev–Trinajstić information content (AvgIpc) is 3.15. The predicted octanol–water partition coefficient (Wildman–Crippen LogP) is 6.00. The van der Waals surface area contributed by atoms with E-state index in [4.69, 9.17) is 0 Å². The summed E-state index contributed by atoms with van der Waals surface area (Å²) in [6.45, 7) is 2.36. The highest BCUT2D eigenvalue weighted by Gasteiger charge is 2.37. The van der Waals surface area contributed by atoms with Crippen LogP contribution in [0.25, 0.3) is 6.08 Å². The van der Waals surface area contributed by atoms with Crippen LogP contribution >= 0.6 is 7.92 Å². The Labute approximate surface area is 135 Å². The lowest BCUT2D eigenvalue weighted by molar-refractivity contribution is 0.552. The Morgan fingerprint density at radius 3 is 2.45 bits per heavy atom. The third kappa shape index (κ3) is 2.63. The Morgan fingerprint density at radius 1 is 1.05 bits per heavy atom. The van der Waals surface area contributed by atoms with Crippen molar-refractivity contribution >= 4 is 14.0 Å². The average molecular weight is 308 g/mol. The molecule has 0 N–H and O–H groups in total. The van der Waals surface area contributed by atoms with Crippen molar-refractivity contribution in [3.05, 3.63) is 65.0 Å². The summed E-state index contributed by atoms with van der Waals surface area (Å²) in [6, 6.07) is 8.98. The van der Waals surface area contributed by atoms with Gasteiger partial charge in [0.15, 0.2) is 0 Å². The summed E-state index contributed by atoms with van der Waals surface area (Å²) < 4.78 is 0. The van der Waals surface area contributed by atoms with Crippen molar-refractivity contribution in [1.82, 2.24) is 0 Å². The van der Waals surface area contributed by atoms with Crippen LogP contribution in [0.3, 0.4) is 0 Å². The molecule has 1 aromatic rings. The van der Waals surface area contributed by atoms with Gasteiger partial charge >= 0.3 is 0 Å². The lowest BCUT2D eigenvalue weighted by Crippen LogP contribution is -2.05. The van der Waals surface area contributed by atoms with Crippen LogP contribution in [0.1, 0.15) is 37.3 Å². The molecule has 1 aromatic carbocycles. The molecule has 1 fully saturated rings. The van der Waals surface area contributed by atoms with Gasteiger partial charge in [0.2, 0.25) is 0 Å². The third-order valence-corrected chi connectivity index (χ3v) is 8.75. The van der Waals surface area contributed by atoms with Crippen molar-refractivity contribution in [2.45, 2.75) is 38.3 Å². The van der Waals surface area contributed by atoms with Gasteiger partial charge in [0.05, 0.1) is 0 Å². The van der Waals surface area contributed by atoms with Gasteiger partial charge in [0.1, 0.15) is 0 Å². The SMILES string of the molecule is CCCP(C1=Cc2ccccc2C1)C1CC2C=CC=CC2C1. The van der Waals surface area contributed by atoms with Crippen LogP contribution in [-0.4, -0.2) is 11.8 Å². The molecule has 0 heterocycles. The third-order valence-electron chi connectivity index (χ3n) is 5.49. The van der Waals surface area contributed by atoms with E-state index in [1.54, 1.807) is 10.9 Å². The molecule has 3 aliphatic rings. The molecule has 0 amide bonds. The summed E-state index contributed by atoms with van der Waals surface area (Å²) in [6.07, 6.45) is 18.8. The van der Waals surface area contributed by atoms with E-state index in [0.29, 0.717) is 0 Å². The van der Waals surface area contributed by atoms with Gasteiger partial charge in [-0.3, -0.25) is 0 Å². The monoisotopic (exact) mass is 308 g/mol. The van der Waals surface area contributed by atoms with Crippen LogP contribution in [0.5, 0.6) is 0 Å². The van der Waals surface area contributed by atoms with E-state index in [-0.39, 0.29) is 7.92 Å². The molecule has 0 aliphatic heterocycles. The minimum absolute atomic E-state index is 0.0471. The second kappa shape index (κ2) is 6.17. The zero-order valence-corrected chi connectivity index (χ0v) is 14.3. The van der Waals surface area contributed by atoms with Gasteiger partial charge in [-0.1, -0.05) is 75.9 Å². The smallest absolute Gasteiger partial charge is 0.00151 e. The quantitative estimate of drug-likeness (QED) is 0.599. The Hall–Kier alpha value is -1.13. The molecular formula is C21H25P. The summed E-state index contributed by atoms with van der Waals surface area (Å²) in [7, 11) is 0.0471. The maximum atomic E-state index is 2.53. The number of hydrogen-bond donors (Lipinski definition) is 0. The topological polar surface area (TPSA) is 0 Å². The summed E-state index contributed by atoms with van der Waals surface area (Å²) in [5.41, 5.74) is 3.98. The lowest BCUT2D eigenvalue weighted by Gasteiger charge is -2.25. The highest BCUT2D eigenvalue weighted by Crippen LogP contribution is 2.60. The fourth-order valence-electron chi connectivity index (χ4n) is 4.43. The zero-order valence-electron chi connectivity index (χ0n) is 13.4. The van der Waals surface area contributed by atoms with E-state index in [1.165, 1.54) is 37.4 Å². The molecule has 1 heteroatoms. The molecule has 3 atom stereocenters. The lowest BCUT2D eigenvalue weighted by atomic mass is 9.92. The van der Waals surface area contributed by atoms with E-state index in [0.717, 1.165) is 17.5 Å². The number of rotatable bonds is 4. The molecule has 3 unspecified atom stereocenters. The van der Waals surface area contributed by atoms with Gasteiger partial charge in [-0.25, -0.2) is 0 Å². The number of benzene rings is 1. The van der Waals surface area contributed by atoms with Crippen LogP contribution in [0, 0.1) is 11.8 Å². The fraction of sp³-hybridized carbons (Fsp3) is 0.429. The van der Waals surface area contributed by atoms with Gasteiger partial charge < -0.3 is 0 Å². The molecule has 0 spiro atoms. The Balaban J connectivity index is 1.55. The first kappa shape index (κ1) is 14.5. The normalized spacial score (nSPS) is 30.0. The molecule has 0 bridgehead atoms. The molecule has 4 rings (SSSR count). The minimum Gasteiger partial charge on any atom is -0.0808 e. The van der Waals surface area contributed by atoms with Gasteiger partial charge in [0.25, 0.3) is 0 Å². The van der Waals surface area contributed by atoms with E-state index in [9.17, 15) is 0 Å². The summed E-state index contributed by atoms with van der Waals surface area (Å²) in [4.78, 5) is 0. The highest BCUT2D eigenvalue weighted by atomic mass is 31.1. The van der Waals surface area contributed by atoms with Crippen LogP contribution in [0.4, 0.5) is 0 Å². The summed E-state index contributed by atoms with van der Waals surface area (Å²) >= 11 is 0. The van der Waals surface area contributed by atoms with Crippen molar-refractivity contribution < 1.29 is 0 Å². The zero-order chi connectivity index (χ0) is 14.9. The molecule has 114 valence electrons. The second-order valence-electron chi connectivity index (χ2n) is 6.93. The van der Waals surface area contributed by atoms with E-state index >= 15 is 0 Å². The second-order valence-corrected chi connectivity index (χ2v) is 9.62. The Morgan fingerprint density at radius 2 is 1.77 bits per heavy atom. The largest absolute Gasteiger partial charge is 0.0808 e. The van der Waals surface area contributed by atoms with Crippen molar-refractivity contribution in [3.8, 4) is 0 Å². The van der Waals surface area contributed by atoms with Crippen molar-refractivity contribution in [1.29, 1.82) is 0 Å². The van der Waals surface area contributed by atoms with Crippen LogP contribution in [0.2, 0.25) is 0 Å². The number of allylic oxidation sites excluding steroid dienone is 5. The Bertz CT molecular complexity index is 617. The van der Waals surface area contributed by atoms with E-state index in [2.05, 4.69) is 61.6 Å². The molecule has 22 heavy (non-hydrogen) atoms. The highest BCUT2D eigenvalue weighted by molar-refractivity contribution is 7.63.